The van der Waals surface area contributed by atoms with Gasteiger partial charge in [0.1, 0.15) is 17.1 Å². The molecule has 2 heterocycles. The molecule has 0 bridgehead atoms. The number of nitrogen functional groups attached to an aromatic ring is 1. The third-order valence-electron chi connectivity index (χ3n) is 2.79. The SMILES string of the molecule is COc1ccccc1-c1nn2cccnc2c1N. The number of methoxy groups -OCH3 is 1. The summed E-state index contributed by atoms with van der Waals surface area (Å²) in [5.41, 5.74) is 8.85. The van der Waals surface area contributed by atoms with E-state index < -0.39 is 0 Å². The second-order valence-electron chi connectivity index (χ2n) is 3.85. The molecular weight excluding hydrogens is 228 g/mol. The van der Waals surface area contributed by atoms with Crippen molar-refractivity contribution in [3.63, 3.8) is 0 Å². The van der Waals surface area contributed by atoms with Gasteiger partial charge in [-0.25, -0.2) is 9.50 Å². The summed E-state index contributed by atoms with van der Waals surface area (Å²) in [6, 6.07) is 9.45. The lowest BCUT2D eigenvalue weighted by molar-refractivity contribution is 0.416. The molecule has 0 atom stereocenters. The Balaban J connectivity index is 2.28. The summed E-state index contributed by atoms with van der Waals surface area (Å²) in [6.07, 6.45) is 3.51. The number of nitrogens with zero attached hydrogens (tertiary/aromatic N) is 3. The van der Waals surface area contributed by atoms with Gasteiger partial charge in [0.15, 0.2) is 5.65 Å². The lowest BCUT2D eigenvalue weighted by atomic mass is 10.1. The highest BCUT2D eigenvalue weighted by atomic mass is 16.5. The summed E-state index contributed by atoms with van der Waals surface area (Å²) in [4.78, 5) is 4.22. The van der Waals surface area contributed by atoms with Crippen LogP contribution in [0.5, 0.6) is 5.75 Å². The van der Waals surface area contributed by atoms with Gasteiger partial charge in [0, 0.05) is 18.0 Å². The van der Waals surface area contributed by atoms with Crippen molar-refractivity contribution in [1.29, 1.82) is 0 Å². The normalized spacial score (nSPS) is 10.7. The van der Waals surface area contributed by atoms with Gasteiger partial charge >= 0.3 is 0 Å². The van der Waals surface area contributed by atoms with Gasteiger partial charge in [0.25, 0.3) is 0 Å². The first-order chi connectivity index (χ1) is 8.81. The molecule has 0 aliphatic rings. The number of para-hydroxylation sites is 1. The smallest absolute Gasteiger partial charge is 0.178 e. The lowest BCUT2D eigenvalue weighted by Crippen LogP contribution is -1.91. The molecule has 1 aromatic carbocycles. The number of benzene rings is 1. The summed E-state index contributed by atoms with van der Waals surface area (Å²) in [6.45, 7) is 0. The quantitative estimate of drug-likeness (QED) is 0.744. The van der Waals surface area contributed by atoms with E-state index in [1.54, 1.807) is 17.8 Å². The lowest BCUT2D eigenvalue weighted by Gasteiger charge is -2.05. The second kappa shape index (κ2) is 4.03. The van der Waals surface area contributed by atoms with Gasteiger partial charge in [0.05, 0.1) is 7.11 Å². The van der Waals surface area contributed by atoms with Crippen LogP contribution >= 0.6 is 0 Å². The topological polar surface area (TPSA) is 65.4 Å². The molecular formula is C13H12N4O. The van der Waals surface area contributed by atoms with Crippen LogP contribution in [0.3, 0.4) is 0 Å². The maximum Gasteiger partial charge on any atom is 0.178 e. The van der Waals surface area contributed by atoms with Gasteiger partial charge in [-0.15, -0.1) is 0 Å². The van der Waals surface area contributed by atoms with Crippen LogP contribution in [0.2, 0.25) is 0 Å². The van der Waals surface area contributed by atoms with E-state index in [4.69, 9.17) is 10.5 Å². The predicted molar refractivity (Wildman–Crippen MR) is 69.4 cm³/mol. The molecule has 2 N–H and O–H groups in total. The monoisotopic (exact) mass is 240 g/mol. The summed E-state index contributed by atoms with van der Waals surface area (Å²) in [7, 11) is 1.63. The molecule has 0 unspecified atom stereocenters. The zero-order chi connectivity index (χ0) is 12.5. The van der Waals surface area contributed by atoms with Crippen molar-refractivity contribution in [3.05, 3.63) is 42.7 Å². The van der Waals surface area contributed by atoms with Crippen LogP contribution in [0.15, 0.2) is 42.7 Å². The molecule has 5 heteroatoms. The Bertz CT molecular complexity index is 705. The van der Waals surface area contributed by atoms with Crippen LogP contribution in [-0.2, 0) is 0 Å². The van der Waals surface area contributed by atoms with Crippen molar-refractivity contribution < 1.29 is 4.74 Å². The van der Waals surface area contributed by atoms with Gasteiger partial charge in [-0.05, 0) is 18.2 Å². The van der Waals surface area contributed by atoms with Crippen molar-refractivity contribution in [2.24, 2.45) is 0 Å². The fourth-order valence-electron chi connectivity index (χ4n) is 1.94. The first-order valence-electron chi connectivity index (χ1n) is 5.53. The number of ether oxygens (including phenoxy) is 1. The van der Waals surface area contributed by atoms with Gasteiger partial charge in [0.2, 0.25) is 0 Å². The fourth-order valence-corrected chi connectivity index (χ4v) is 1.94. The summed E-state index contributed by atoms with van der Waals surface area (Å²) in [5, 5.41) is 4.44. The molecule has 0 radical (unpaired) electrons. The van der Waals surface area contributed by atoms with Gasteiger partial charge in [-0.1, -0.05) is 12.1 Å². The Morgan fingerprint density at radius 2 is 2.06 bits per heavy atom. The summed E-state index contributed by atoms with van der Waals surface area (Å²) >= 11 is 0. The van der Waals surface area contributed by atoms with E-state index >= 15 is 0 Å². The molecule has 5 nitrogen and oxygen atoms in total. The number of aromatic nitrogens is 3. The van der Waals surface area contributed by atoms with Crippen molar-refractivity contribution >= 4 is 11.3 Å². The largest absolute Gasteiger partial charge is 0.496 e. The molecule has 90 valence electrons. The number of anilines is 1. The molecule has 0 spiro atoms. The Kier molecular flexibility index (Phi) is 2.37. The highest BCUT2D eigenvalue weighted by Gasteiger charge is 2.15. The van der Waals surface area contributed by atoms with Crippen molar-refractivity contribution in [3.8, 4) is 17.0 Å². The molecule has 0 aliphatic heterocycles. The average Bonchev–Trinajstić information content (AvgIpc) is 2.76. The fraction of sp³-hybridized carbons (Fsp3) is 0.0769. The van der Waals surface area contributed by atoms with Gasteiger partial charge in [-0.2, -0.15) is 5.10 Å². The molecule has 3 rings (SSSR count). The van der Waals surface area contributed by atoms with Gasteiger partial charge < -0.3 is 10.5 Å². The zero-order valence-corrected chi connectivity index (χ0v) is 9.87. The summed E-state index contributed by atoms with van der Waals surface area (Å²) < 4.78 is 6.99. The van der Waals surface area contributed by atoms with Crippen LogP contribution in [0.4, 0.5) is 5.69 Å². The molecule has 18 heavy (non-hydrogen) atoms. The third-order valence-corrected chi connectivity index (χ3v) is 2.79. The van der Waals surface area contributed by atoms with Crippen LogP contribution in [0.1, 0.15) is 0 Å². The molecule has 2 aromatic heterocycles. The number of rotatable bonds is 2. The second-order valence-corrected chi connectivity index (χ2v) is 3.85. The first kappa shape index (κ1) is 10.6. The van der Waals surface area contributed by atoms with E-state index in [2.05, 4.69) is 10.1 Å². The van der Waals surface area contributed by atoms with Crippen molar-refractivity contribution in [2.45, 2.75) is 0 Å². The Morgan fingerprint density at radius 3 is 2.83 bits per heavy atom. The van der Waals surface area contributed by atoms with E-state index in [1.807, 2.05) is 36.5 Å². The minimum Gasteiger partial charge on any atom is -0.496 e. The van der Waals surface area contributed by atoms with Crippen LogP contribution in [0.25, 0.3) is 16.9 Å². The Labute approximate surface area is 104 Å². The van der Waals surface area contributed by atoms with Crippen LogP contribution in [0, 0.1) is 0 Å². The molecule has 3 aromatic rings. The average molecular weight is 240 g/mol. The van der Waals surface area contributed by atoms with E-state index in [-0.39, 0.29) is 0 Å². The predicted octanol–water partition coefficient (Wildman–Crippen LogP) is 1.99. The molecule has 0 amide bonds. The number of hydrogen-bond acceptors (Lipinski definition) is 4. The Hall–Kier alpha value is -2.56. The highest BCUT2D eigenvalue weighted by Crippen LogP contribution is 2.33. The van der Waals surface area contributed by atoms with Gasteiger partial charge in [-0.3, -0.25) is 0 Å². The minimum atomic E-state index is 0.556. The third kappa shape index (κ3) is 1.48. The van der Waals surface area contributed by atoms with E-state index in [0.717, 1.165) is 11.3 Å². The maximum atomic E-state index is 6.09. The van der Waals surface area contributed by atoms with E-state index in [9.17, 15) is 0 Å². The minimum absolute atomic E-state index is 0.556. The highest BCUT2D eigenvalue weighted by molar-refractivity contribution is 5.85. The van der Waals surface area contributed by atoms with E-state index in [0.29, 0.717) is 17.0 Å². The van der Waals surface area contributed by atoms with Crippen molar-refractivity contribution in [2.75, 3.05) is 12.8 Å². The Morgan fingerprint density at radius 1 is 1.22 bits per heavy atom. The molecule has 0 saturated heterocycles. The maximum absolute atomic E-state index is 6.09. The van der Waals surface area contributed by atoms with E-state index in [1.165, 1.54) is 0 Å². The number of hydrogen-bond donors (Lipinski definition) is 1. The molecule has 0 saturated carbocycles. The standard InChI is InChI=1S/C13H12N4O/c1-18-10-6-3-2-5-9(10)12-11(14)13-15-7-4-8-17(13)16-12/h2-8H,14H2,1H3. The number of fused-ring (bicyclic) bond motifs is 1. The van der Waals surface area contributed by atoms with Crippen LogP contribution < -0.4 is 10.5 Å². The van der Waals surface area contributed by atoms with Crippen LogP contribution in [-0.4, -0.2) is 21.7 Å². The number of nitrogens with two attached hydrogens (primary N) is 1. The first-order valence-corrected chi connectivity index (χ1v) is 5.53. The zero-order valence-electron chi connectivity index (χ0n) is 9.87. The van der Waals surface area contributed by atoms with Crippen molar-refractivity contribution in [1.82, 2.24) is 14.6 Å². The molecule has 0 aliphatic carbocycles. The summed E-state index contributed by atoms with van der Waals surface area (Å²) in [5.74, 6) is 0.743. The molecule has 0 fully saturated rings.